The third kappa shape index (κ3) is 4.03. The van der Waals surface area contributed by atoms with E-state index >= 15 is 0 Å². The van der Waals surface area contributed by atoms with Crippen LogP contribution in [-0.2, 0) is 11.2 Å². The van der Waals surface area contributed by atoms with Gasteiger partial charge in [0.25, 0.3) is 11.1 Å². The molecular formula is C20H18FN3O2S. The van der Waals surface area contributed by atoms with Gasteiger partial charge in [-0.1, -0.05) is 48.2 Å². The van der Waals surface area contributed by atoms with Crippen LogP contribution in [0.4, 0.5) is 4.39 Å². The molecule has 1 aliphatic rings. The summed E-state index contributed by atoms with van der Waals surface area (Å²) >= 11 is 1.14. The highest BCUT2D eigenvalue weighted by atomic mass is 32.2. The summed E-state index contributed by atoms with van der Waals surface area (Å²) in [6.45, 7) is 0. The molecule has 1 aromatic heterocycles. The second-order valence-electron chi connectivity index (χ2n) is 6.35. The van der Waals surface area contributed by atoms with E-state index in [1.54, 1.807) is 18.2 Å². The van der Waals surface area contributed by atoms with Gasteiger partial charge in [-0.2, -0.15) is 0 Å². The summed E-state index contributed by atoms with van der Waals surface area (Å²) in [7, 11) is 0. The molecule has 0 aliphatic heterocycles. The lowest BCUT2D eigenvalue weighted by Gasteiger charge is -2.26. The third-order valence-electron chi connectivity index (χ3n) is 4.54. The van der Waals surface area contributed by atoms with E-state index in [9.17, 15) is 9.18 Å². The summed E-state index contributed by atoms with van der Waals surface area (Å²) in [5.41, 5.74) is 2.75. The van der Waals surface area contributed by atoms with E-state index in [1.165, 1.54) is 17.2 Å². The first-order valence-electron chi connectivity index (χ1n) is 8.79. The molecule has 0 saturated carbocycles. The molecule has 0 unspecified atom stereocenters. The second kappa shape index (κ2) is 7.92. The Kier molecular flexibility index (Phi) is 5.20. The molecule has 1 aliphatic carbocycles. The summed E-state index contributed by atoms with van der Waals surface area (Å²) in [5, 5.41) is 11.1. The number of thioether (sulfide) groups is 1. The Balaban J connectivity index is 1.36. The van der Waals surface area contributed by atoms with Crippen molar-refractivity contribution in [3.63, 3.8) is 0 Å². The number of hydrogen-bond donors (Lipinski definition) is 1. The van der Waals surface area contributed by atoms with Gasteiger partial charge in [-0.05, 0) is 42.5 Å². The molecule has 138 valence electrons. The minimum Gasteiger partial charge on any atom is -0.411 e. The fraction of sp³-hybridized carbons (Fsp3) is 0.250. The van der Waals surface area contributed by atoms with Crippen LogP contribution >= 0.6 is 11.8 Å². The Morgan fingerprint density at radius 2 is 2.00 bits per heavy atom. The first-order chi connectivity index (χ1) is 13.2. The molecule has 7 heteroatoms. The van der Waals surface area contributed by atoms with Crippen LogP contribution in [0.15, 0.2) is 58.2 Å². The van der Waals surface area contributed by atoms with E-state index in [0.29, 0.717) is 0 Å². The minimum absolute atomic E-state index is 0.0414. The summed E-state index contributed by atoms with van der Waals surface area (Å²) in [5.74, 6) is -0.242. The summed E-state index contributed by atoms with van der Waals surface area (Å²) in [4.78, 5) is 12.3. The molecule has 3 aromatic rings. The number of amides is 1. The molecule has 5 nitrogen and oxygen atoms in total. The minimum atomic E-state index is -0.425. The monoisotopic (exact) mass is 383 g/mol. The lowest BCUT2D eigenvalue weighted by Crippen LogP contribution is -2.32. The van der Waals surface area contributed by atoms with E-state index in [0.717, 1.165) is 31.0 Å². The number of nitrogens with zero attached hydrogens (tertiary/aromatic N) is 2. The average molecular weight is 383 g/mol. The highest BCUT2D eigenvalue weighted by molar-refractivity contribution is 7.99. The topological polar surface area (TPSA) is 68.0 Å². The Morgan fingerprint density at radius 1 is 1.19 bits per heavy atom. The van der Waals surface area contributed by atoms with Crippen molar-refractivity contribution in [2.75, 3.05) is 5.75 Å². The highest BCUT2D eigenvalue weighted by Gasteiger charge is 2.22. The van der Waals surface area contributed by atoms with Gasteiger partial charge in [0.2, 0.25) is 5.91 Å². The van der Waals surface area contributed by atoms with Crippen LogP contribution in [0.1, 0.15) is 30.0 Å². The van der Waals surface area contributed by atoms with Crippen LogP contribution in [-0.4, -0.2) is 21.9 Å². The molecule has 1 heterocycles. The molecule has 27 heavy (non-hydrogen) atoms. The zero-order chi connectivity index (χ0) is 18.6. The van der Waals surface area contributed by atoms with E-state index < -0.39 is 5.82 Å². The van der Waals surface area contributed by atoms with Crippen molar-refractivity contribution >= 4 is 17.7 Å². The number of aryl methyl sites for hydroxylation is 1. The van der Waals surface area contributed by atoms with Crippen molar-refractivity contribution in [1.29, 1.82) is 0 Å². The average Bonchev–Trinajstić information content (AvgIpc) is 3.16. The summed E-state index contributed by atoms with van der Waals surface area (Å²) < 4.78 is 19.2. The smallest absolute Gasteiger partial charge is 0.277 e. The Morgan fingerprint density at radius 3 is 2.89 bits per heavy atom. The van der Waals surface area contributed by atoms with Crippen molar-refractivity contribution in [2.45, 2.75) is 30.5 Å². The number of hydrogen-bond acceptors (Lipinski definition) is 5. The van der Waals surface area contributed by atoms with Crippen molar-refractivity contribution in [3.8, 4) is 11.5 Å². The number of aromatic nitrogens is 2. The van der Waals surface area contributed by atoms with Crippen LogP contribution in [0.3, 0.4) is 0 Å². The quantitative estimate of drug-likeness (QED) is 0.670. The Bertz CT molecular complexity index is 960. The number of benzene rings is 2. The first kappa shape index (κ1) is 17.7. The number of carbonyl (C=O) groups is 1. The van der Waals surface area contributed by atoms with Crippen molar-refractivity contribution < 1.29 is 13.6 Å². The maximum Gasteiger partial charge on any atom is 0.277 e. The van der Waals surface area contributed by atoms with Gasteiger partial charge in [0.05, 0.1) is 17.4 Å². The molecule has 2 aromatic carbocycles. The SMILES string of the molecule is O=C(CSc1nnc(-c2ccccc2F)o1)N[C@H]1CCCc2ccccc21. The van der Waals surface area contributed by atoms with Gasteiger partial charge in [0.1, 0.15) is 5.82 Å². The molecular weight excluding hydrogens is 365 g/mol. The van der Waals surface area contributed by atoms with E-state index in [1.807, 2.05) is 12.1 Å². The van der Waals surface area contributed by atoms with Gasteiger partial charge in [-0.25, -0.2) is 4.39 Å². The normalized spacial score (nSPS) is 16.0. The summed E-state index contributed by atoms with van der Waals surface area (Å²) in [6.07, 6.45) is 3.05. The third-order valence-corrected chi connectivity index (χ3v) is 5.36. The van der Waals surface area contributed by atoms with E-state index in [-0.39, 0.29) is 34.4 Å². The first-order valence-corrected chi connectivity index (χ1v) is 9.77. The van der Waals surface area contributed by atoms with Crippen LogP contribution in [0.2, 0.25) is 0 Å². The van der Waals surface area contributed by atoms with Crippen molar-refractivity contribution in [1.82, 2.24) is 15.5 Å². The second-order valence-corrected chi connectivity index (χ2v) is 7.28. The molecule has 0 fully saturated rings. The molecule has 0 radical (unpaired) electrons. The van der Waals surface area contributed by atoms with Crippen molar-refractivity contribution in [2.24, 2.45) is 0 Å². The number of halogens is 1. The summed E-state index contributed by atoms with van der Waals surface area (Å²) in [6, 6.07) is 14.5. The number of fused-ring (bicyclic) bond motifs is 1. The highest BCUT2D eigenvalue weighted by Crippen LogP contribution is 2.30. The Labute approximate surface area is 160 Å². The maximum absolute atomic E-state index is 13.8. The largest absolute Gasteiger partial charge is 0.411 e. The van der Waals surface area contributed by atoms with Gasteiger partial charge in [0.15, 0.2) is 0 Å². The fourth-order valence-electron chi connectivity index (χ4n) is 3.28. The van der Waals surface area contributed by atoms with Gasteiger partial charge < -0.3 is 9.73 Å². The molecule has 4 rings (SSSR count). The number of rotatable bonds is 5. The molecule has 0 saturated heterocycles. The van der Waals surface area contributed by atoms with E-state index in [2.05, 4.69) is 27.6 Å². The predicted octanol–water partition coefficient (Wildman–Crippen LogP) is 4.16. The van der Waals surface area contributed by atoms with Crippen LogP contribution in [0.25, 0.3) is 11.5 Å². The lowest BCUT2D eigenvalue weighted by molar-refractivity contribution is -0.119. The predicted molar refractivity (Wildman–Crippen MR) is 101 cm³/mol. The van der Waals surface area contributed by atoms with Crippen LogP contribution in [0.5, 0.6) is 0 Å². The van der Waals surface area contributed by atoms with Crippen molar-refractivity contribution in [3.05, 3.63) is 65.5 Å². The molecule has 0 spiro atoms. The van der Waals surface area contributed by atoms with Crippen LogP contribution < -0.4 is 5.32 Å². The molecule has 1 atom stereocenters. The standard InChI is InChI=1S/C20H18FN3O2S/c21-16-10-4-3-9-15(16)19-23-24-20(26-19)27-12-18(25)22-17-11-5-7-13-6-1-2-8-14(13)17/h1-4,6,8-10,17H,5,7,11-12H2,(H,22,25)/t17-/m0/s1. The van der Waals surface area contributed by atoms with Crippen LogP contribution in [0, 0.1) is 5.82 Å². The van der Waals surface area contributed by atoms with E-state index in [4.69, 9.17) is 4.42 Å². The van der Waals surface area contributed by atoms with Gasteiger partial charge in [-0.3, -0.25) is 4.79 Å². The molecule has 1 N–H and O–H groups in total. The van der Waals surface area contributed by atoms with Gasteiger partial charge in [-0.15, -0.1) is 10.2 Å². The zero-order valence-corrected chi connectivity index (χ0v) is 15.3. The fourth-order valence-corrected chi connectivity index (χ4v) is 3.85. The maximum atomic E-state index is 13.8. The number of carbonyl (C=O) groups excluding carboxylic acids is 1. The van der Waals surface area contributed by atoms with Gasteiger partial charge in [0, 0.05) is 0 Å². The number of nitrogens with one attached hydrogen (secondary N) is 1. The Hall–Kier alpha value is -2.67. The molecule has 1 amide bonds. The molecule has 0 bridgehead atoms. The lowest BCUT2D eigenvalue weighted by atomic mass is 9.88. The van der Waals surface area contributed by atoms with Gasteiger partial charge >= 0.3 is 0 Å². The zero-order valence-electron chi connectivity index (χ0n) is 14.5.